The van der Waals surface area contributed by atoms with Crippen LogP contribution >= 0.6 is 11.8 Å². The fourth-order valence-corrected chi connectivity index (χ4v) is 9.66. The Morgan fingerprint density at radius 1 is 0.415 bits per heavy atom. The van der Waals surface area contributed by atoms with E-state index >= 15 is 0 Å². The van der Waals surface area contributed by atoms with E-state index in [1.165, 1.54) is 37.6 Å². The number of nitrogens with zero attached hydrogens (tertiary/aromatic N) is 4. The molecular formula is C47H31BN4S. The third kappa shape index (κ3) is 4.62. The maximum absolute atomic E-state index is 4.38. The SMILES string of the molecule is c1ccc(N2c3ccccc3N(c3ccc(-c4cccnc4)cc3)c3cc4c5c(c32)N(c2ccccc2)c2ccccc2B5c2ccccc2S4)cc1. The summed E-state index contributed by atoms with van der Waals surface area (Å²) in [6.07, 6.45) is 3.75. The minimum atomic E-state index is 0.0842. The van der Waals surface area contributed by atoms with E-state index in [0.717, 1.165) is 50.9 Å². The normalized spacial score (nSPS) is 13.4. The Labute approximate surface area is 313 Å². The van der Waals surface area contributed by atoms with Crippen LogP contribution < -0.4 is 31.1 Å². The van der Waals surface area contributed by atoms with Crippen molar-refractivity contribution in [2.75, 3.05) is 14.7 Å². The van der Waals surface area contributed by atoms with E-state index in [1.54, 1.807) is 0 Å². The van der Waals surface area contributed by atoms with Crippen molar-refractivity contribution in [2.45, 2.75) is 9.79 Å². The van der Waals surface area contributed by atoms with Crippen LogP contribution in [-0.4, -0.2) is 11.7 Å². The molecule has 6 heteroatoms. The van der Waals surface area contributed by atoms with Crippen molar-refractivity contribution in [1.29, 1.82) is 0 Å². The molecule has 0 radical (unpaired) electrons. The van der Waals surface area contributed by atoms with Crippen molar-refractivity contribution >= 4 is 86.0 Å². The third-order valence-corrected chi connectivity index (χ3v) is 11.8. The van der Waals surface area contributed by atoms with Gasteiger partial charge >= 0.3 is 0 Å². The summed E-state index contributed by atoms with van der Waals surface area (Å²) in [4.78, 5) is 14.4. The van der Waals surface area contributed by atoms with Gasteiger partial charge in [0.15, 0.2) is 0 Å². The van der Waals surface area contributed by atoms with Gasteiger partial charge in [0.25, 0.3) is 0 Å². The fourth-order valence-electron chi connectivity index (χ4n) is 8.48. The second kappa shape index (κ2) is 12.0. The number of anilines is 9. The van der Waals surface area contributed by atoms with Crippen LogP contribution in [0.2, 0.25) is 0 Å². The first-order valence-electron chi connectivity index (χ1n) is 18.0. The van der Waals surface area contributed by atoms with Gasteiger partial charge in [0, 0.05) is 44.9 Å². The van der Waals surface area contributed by atoms with Crippen LogP contribution in [0.4, 0.5) is 51.2 Å². The van der Waals surface area contributed by atoms with E-state index in [4.69, 9.17) is 0 Å². The summed E-state index contributed by atoms with van der Waals surface area (Å²) in [5, 5.41) is 0. The molecule has 0 aliphatic carbocycles. The quantitative estimate of drug-likeness (QED) is 0.171. The minimum Gasteiger partial charge on any atom is -0.309 e. The molecule has 7 aromatic carbocycles. The Balaban J connectivity index is 1.26. The Kier molecular flexibility index (Phi) is 6.85. The number of rotatable bonds is 4. The molecule has 4 heterocycles. The standard InChI is InChI=1S/C47H31BN4S/c1-3-15-34(16-4-1)51-39-21-9-7-19-37(39)48-38-20-8-12-24-43(38)53-44-30-42-46(47(51)45(44)48)52(35-17-5-2-6-18-35)41-23-11-10-22-40(41)50(42)36-27-25-32(26-28-36)33-14-13-29-49-31-33/h1-31H. The van der Waals surface area contributed by atoms with Crippen LogP contribution in [0.25, 0.3) is 11.1 Å². The number of para-hydroxylation sites is 5. The summed E-state index contributed by atoms with van der Waals surface area (Å²) in [7, 11) is 0. The van der Waals surface area contributed by atoms with Crippen molar-refractivity contribution in [1.82, 2.24) is 4.98 Å². The fraction of sp³-hybridized carbons (Fsp3) is 0. The zero-order chi connectivity index (χ0) is 34.9. The number of hydrogen-bond donors (Lipinski definition) is 0. The monoisotopic (exact) mass is 694 g/mol. The Morgan fingerprint density at radius 3 is 1.70 bits per heavy atom. The van der Waals surface area contributed by atoms with Gasteiger partial charge in [0.2, 0.25) is 6.71 Å². The lowest BCUT2D eigenvalue weighted by molar-refractivity contribution is 1.14. The van der Waals surface area contributed by atoms with Crippen LogP contribution in [0, 0.1) is 0 Å². The number of fused-ring (bicyclic) bond motifs is 7. The topological polar surface area (TPSA) is 22.6 Å². The van der Waals surface area contributed by atoms with Gasteiger partial charge in [-0.3, -0.25) is 4.98 Å². The number of hydrogen-bond acceptors (Lipinski definition) is 5. The Bertz CT molecular complexity index is 2670. The van der Waals surface area contributed by atoms with Crippen molar-refractivity contribution in [3.05, 3.63) is 188 Å². The summed E-state index contributed by atoms with van der Waals surface area (Å²) in [6, 6.07) is 64.0. The van der Waals surface area contributed by atoms with Crippen LogP contribution in [0.3, 0.4) is 0 Å². The van der Waals surface area contributed by atoms with Gasteiger partial charge in [-0.1, -0.05) is 120 Å². The Morgan fingerprint density at radius 2 is 1.00 bits per heavy atom. The molecule has 3 aliphatic rings. The van der Waals surface area contributed by atoms with Gasteiger partial charge < -0.3 is 14.7 Å². The number of aromatic nitrogens is 1. The molecule has 0 N–H and O–H groups in total. The molecule has 3 aliphatic heterocycles. The zero-order valence-electron chi connectivity index (χ0n) is 28.7. The molecule has 0 saturated heterocycles. The van der Waals surface area contributed by atoms with Crippen molar-refractivity contribution < 1.29 is 0 Å². The third-order valence-electron chi connectivity index (χ3n) is 10.7. The molecule has 0 spiro atoms. The van der Waals surface area contributed by atoms with E-state index in [-0.39, 0.29) is 6.71 Å². The van der Waals surface area contributed by atoms with E-state index in [2.05, 4.69) is 190 Å². The smallest absolute Gasteiger partial charge is 0.249 e. The lowest BCUT2D eigenvalue weighted by atomic mass is 9.34. The molecule has 1 aromatic heterocycles. The molecule has 4 nitrogen and oxygen atoms in total. The lowest BCUT2D eigenvalue weighted by Crippen LogP contribution is -2.60. The summed E-state index contributed by atoms with van der Waals surface area (Å²) >= 11 is 1.89. The van der Waals surface area contributed by atoms with E-state index in [9.17, 15) is 0 Å². The highest BCUT2D eigenvalue weighted by Gasteiger charge is 2.45. The van der Waals surface area contributed by atoms with Crippen LogP contribution in [0.15, 0.2) is 198 Å². The molecule has 53 heavy (non-hydrogen) atoms. The molecular weight excluding hydrogens is 663 g/mol. The molecule has 0 saturated carbocycles. The molecule has 8 aromatic rings. The predicted octanol–water partition coefficient (Wildman–Crippen LogP) is 10.8. The lowest BCUT2D eigenvalue weighted by Gasteiger charge is -2.47. The summed E-state index contributed by atoms with van der Waals surface area (Å²) < 4.78 is 0. The van der Waals surface area contributed by atoms with E-state index in [1.807, 2.05) is 30.2 Å². The minimum absolute atomic E-state index is 0.0842. The highest BCUT2D eigenvalue weighted by molar-refractivity contribution is 8.00. The van der Waals surface area contributed by atoms with Gasteiger partial charge in [-0.05, 0) is 94.8 Å². The average molecular weight is 695 g/mol. The first-order chi connectivity index (χ1) is 26.3. The van der Waals surface area contributed by atoms with Crippen molar-refractivity contribution in [3.8, 4) is 11.1 Å². The molecule has 0 amide bonds. The van der Waals surface area contributed by atoms with Crippen molar-refractivity contribution in [3.63, 3.8) is 0 Å². The van der Waals surface area contributed by atoms with Gasteiger partial charge in [0.05, 0.1) is 28.4 Å². The summed E-state index contributed by atoms with van der Waals surface area (Å²) in [5.41, 5.74) is 16.6. The van der Waals surface area contributed by atoms with Gasteiger partial charge in [-0.25, -0.2) is 0 Å². The molecule has 0 fully saturated rings. The highest BCUT2D eigenvalue weighted by atomic mass is 32.2. The summed E-state index contributed by atoms with van der Waals surface area (Å²) in [6.45, 7) is 0.0842. The summed E-state index contributed by atoms with van der Waals surface area (Å²) in [5.74, 6) is 0. The number of pyridine rings is 1. The Hall–Kier alpha value is -6.50. The average Bonchev–Trinajstić information content (AvgIpc) is 3.23. The van der Waals surface area contributed by atoms with Gasteiger partial charge in [0.1, 0.15) is 0 Å². The predicted molar refractivity (Wildman–Crippen MR) is 223 cm³/mol. The van der Waals surface area contributed by atoms with E-state index < -0.39 is 0 Å². The van der Waals surface area contributed by atoms with Gasteiger partial charge in [-0.15, -0.1) is 0 Å². The van der Waals surface area contributed by atoms with Crippen molar-refractivity contribution in [2.24, 2.45) is 0 Å². The van der Waals surface area contributed by atoms with E-state index in [0.29, 0.717) is 0 Å². The number of benzene rings is 7. The largest absolute Gasteiger partial charge is 0.309 e. The second-order valence-electron chi connectivity index (χ2n) is 13.6. The molecule has 0 unspecified atom stereocenters. The van der Waals surface area contributed by atoms with Crippen LogP contribution in [0.1, 0.15) is 0 Å². The van der Waals surface area contributed by atoms with Crippen LogP contribution in [-0.2, 0) is 0 Å². The zero-order valence-corrected chi connectivity index (χ0v) is 29.5. The molecule has 0 bridgehead atoms. The first kappa shape index (κ1) is 30.2. The molecule has 248 valence electrons. The van der Waals surface area contributed by atoms with Crippen LogP contribution in [0.5, 0.6) is 0 Å². The molecule has 0 atom stereocenters. The second-order valence-corrected chi connectivity index (χ2v) is 14.7. The molecule has 11 rings (SSSR count). The first-order valence-corrected chi connectivity index (χ1v) is 18.8. The maximum Gasteiger partial charge on any atom is 0.249 e. The maximum atomic E-state index is 4.38. The highest BCUT2D eigenvalue weighted by Crippen LogP contribution is 2.60. The van der Waals surface area contributed by atoms with Gasteiger partial charge in [-0.2, -0.15) is 0 Å².